The fourth-order valence-electron chi connectivity index (χ4n) is 2.99. The number of anilines is 1. The number of hydrogen-bond donors (Lipinski definition) is 0. The van der Waals surface area contributed by atoms with E-state index in [-0.39, 0.29) is 6.10 Å². The topological polar surface area (TPSA) is 60.4 Å². The molecule has 1 fully saturated rings. The standard InChI is InChI=1S/C18H20N4O2S/c1-12-10-19-11-17(20-12)24-13-5-7-22(8-6-13)18-21-15-4-3-14(23-2)9-16(15)25-18/h3-4,9-11,13H,5-8H2,1-2H3. The maximum atomic E-state index is 5.98. The molecule has 0 aliphatic carbocycles. The highest BCUT2D eigenvalue weighted by Gasteiger charge is 2.23. The fourth-order valence-corrected chi connectivity index (χ4v) is 4.03. The zero-order valence-electron chi connectivity index (χ0n) is 14.3. The molecule has 0 unspecified atom stereocenters. The van der Waals surface area contributed by atoms with Gasteiger partial charge in [0.25, 0.3) is 0 Å². The smallest absolute Gasteiger partial charge is 0.232 e. The number of hydrogen-bond acceptors (Lipinski definition) is 7. The summed E-state index contributed by atoms with van der Waals surface area (Å²) in [5.74, 6) is 1.49. The van der Waals surface area contributed by atoms with Crippen molar-refractivity contribution in [3.05, 3.63) is 36.3 Å². The Morgan fingerprint density at radius 1 is 1.16 bits per heavy atom. The van der Waals surface area contributed by atoms with Crippen LogP contribution in [0.2, 0.25) is 0 Å². The molecule has 2 aromatic heterocycles. The summed E-state index contributed by atoms with van der Waals surface area (Å²) in [7, 11) is 1.69. The molecule has 0 atom stereocenters. The number of ether oxygens (including phenoxy) is 2. The van der Waals surface area contributed by atoms with E-state index in [0.717, 1.165) is 52.7 Å². The van der Waals surface area contributed by atoms with Crippen molar-refractivity contribution in [1.82, 2.24) is 15.0 Å². The summed E-state index contributed by atoms with van der Waals surface area (Å²) in [6, 6.07) is 6.01. The lowest BCUT2D eigenvalue weighted by molar-refractivity contribution is 0.163. The molecule has 0 N–H and O–H groups in total. The van der Waals surface area contributed by atoms with E-state index in [1.54, 1.807) is 30.8 Å². The summed E-state index contributed by atoms with van der Waals surface area (Å²) in [5, 5.41) is 1.07. The molecule has 25 heavy (non-hydrogen) atoms. The van der Waals surface area contributed by atoms with Crippen molar-refractivity contribution in [2.24, 2.45) is 0 Å². The highest BCUT2D eigenvalue weighted by Crippen LogP contribution is 2.33. The highest BCUT2D eigenvalue weighted by molar-refractivity contribution is 7.22. The molecule has 1 aliphatic heterocycles. The zero-order valence-corrected chi connectivity index (χ0v) is 15.1. The molecule has 1 aliphatic rings. The Bertz CT molecular complexity index is 874. The molecule has 0 spiro atoms. The second kappa shape index (κ2) is 6.84. The normalized spacial score (nSPS) is 15.5. The lowest BCUT2D eigenvalue weighted by atomic mass is 10.1. The summed E-state index contributed by atoms with van der Waals surface area (Å²) in [6.45, 7) is 3.78. The van der Waals surface area contributed by atoms with E-state index in [1.807, 2.05) is 25.1 Å². The molecular formula is C18H20N4O2S. The van der Waals surface area contributed by atoms with Gasteiger partial charge in [-0.1, -0.05) is 11.3 Å². The van der Waals surface area contributed by atoms with E-state index in [9.17, 15) is 0 Å². The first-order valence-corrected chi connectivity index (χ1v) is 9.18. The molecule has 1 aromatic carbocycles. The van der Waals surface area contributed by atoms with E-state index >= 15 is 0 Å². The van der Waals surface area contributed by atoms with Crippen molar-refractivity contribution >= 4 is 26.7 Å². The van der Waals surface area contributed by atoms with Gasteiger partial charge >= 0.3 is 0 Å². The van der Waals surface area contributed by atoms with Crippen LogP contribution in [0.1, 0.15) is 18.5 Å². The maximum absolute atomic E-state index is 5.98. The predicted octanol–water partition coefficient (Wildman–Crippen LogP) is 3.45. The molecule has 7 heteroatoms. The van der Waals surface area contributed by atoms with Gasteiger partial charge in [0.05, 0.1) is 29.2 Å². The minimum Gasteiger partial charge on any atom is -0.497 e. The molecular weight excluding hydrogens is 336 g/mol. The second-order valence-electron chi connectivity index (χ2n) is 6.13. The number of rotatable bonds is 4. The Labute approximate surface area is 150 Å². The van der Waals surface area contributed by atoms with Crippen LogP contribution in [0.5, 0.6) is 11.6 Å². The lowest BCUT2D eigenvalue weighted by Crippen LogP contribution is -2.38. The van der Waals surface area contributed by atoms with Crippen molar-refractivity contribution in [3.8, 4) is 11.6 Å². The van der Waals surface area contributed by atoms with Crippen molar-refractivity contribution in [3.63, 3.8) is 0 Å². The minimum atomic E-state index is 0.182. The average molecular weight is 356 g/mol. The SMILES string of the molecule is COc1ccc2nc(N3CCC(Oc4cncc(C)n4)CC3)sc2c1. The van der Waals surface area contributed by atoms with Crippen molar-refractivity contribution in [1.29, 1.82) is 0 Å². The van der Waals surface area contributed by atoms with Gasteiger partial charge in [-0.2, -0.15) is 0 Å². The minimum absolute atomic E-state index is 0.182. The van der Waals surface area contributed by atoms with Crippen molar-refractivity contribution in [2.75, 3.05) is 25.1 Å². The monoisotopic (exact) mass is 356 g/mol. The van der Waals surface area contributed by atoms with Gasteiger partial charge < -0.3 is 14.4 Å². The molecule has 0 radical (unpaired) electrons. The summed E-state index contributed by atoms with van der Waals surface area (Å²) in [5.41, 5.74) is 1.90. The van der Waals surface area contributed by atoms with Gasteiger partial charge in [0.15, 0.2) is 5.13 Å². The number of methoxy groups -OCH3 is 1. The van der Waals surface area contributed by atoms with Crippen LogP contribution in [0.4, 0.5) is 5.13 Å². The van der Waals surface area contributed by atoms with Gasteiger partial charge in [-0.25, -0.2) is 9.97 Å². The number of benzene rings is 1. The van der Waals surface area contributed by atoms with Crippen molar-refractivity contribution in [2.45, 2.75) is 25.9 Å². The number of aryl methyl sites for hydroxylation is 1. The molecule has 3 heterocycles. The van der Waals surface area contributed by atoms with Crippen LogP contribution in [0.25, 0.3) is 10.2 Å². The molecule has 3 aromatic rings. The first-order valence-electron chi connectivity index (χ1n) is 8.36. The summed E-state index contributed by atoms with van der Waals surface area (Å²) < 4.78 is 12.4. The lowest BCUT2D eigenvalue weighted by Gasteiger charge is -2.31. The van der Waals surface area contributed by atoms with Gasteiger partial charge in [0, 0.05) is 32.1 Å². The Morgan fingerprint density at radius 2 is 2.00 bits per heavy atom. The number of piperidine rings is 1. The second-order valence-corrected chi connectivity index (χ2v) is 7.14. The first-order chi connectivity index (χ1) is 12.2. The van der Waals surface area contributed by atoms with E-state index in [4.69, 9.17) is 14.5 Å². The Hall–Kier alpha value is -2.41. The van der Waals surface area contributed by atoms with Gasteiger partial charge in [-0.05, 0) is 25.1 Å². The average Bonchev–Trinajstić information content (AvgIpc) is 3.05. The molecule has 0 saturated carbocycles. The van der Waals surface area contributed by atoms with Gasteiger partial charge in [-0.15, -0.1) is 0 Å². The van der Waals surface area contributed by atoms with Crippen LogP contribution in [0.3, 0.4) is 0 Å². The van der Waals surface area contributed by atoms with Gasteiger partial charge in [0.2, 0.25) is 5.88 Å². The molecule has 6 nitrogen and oxygen atoms in total. The Kier molecular flexibility index (Phi) is 4.40. The van der Waals surface area contributed by atoms with Crippen LogP contribution < -0.4 is 14.4 Å². The van der Waals surface area contributed by atoms with Crippen LogP contribution in [-0.2, 0) is 0 Å². The number of fused-ring (bicyclic) bond motifs is 1. The molecule has 1 saturated heterocycles. The van der Waals surface area contributed by atoms with Crippen LogP contribution in [-0.4, -0.2) is 41.3 Å². The summed E-state index contributed by atoms with van der Waals surface area (Å²) in [4.78, 5) is 15.6. The number of thiazole rings is 1. The van der Waals surface area contributed by atoms with Gasteiger partial charge in [-0.3, -0.25) is 4.98 Å². The number of aromatic nitrogens is 3. The van der Waals surface area contributed by atoms with E-state index in [0.29, 0.717) is 5.88 Å². The molecule has 130 valence electrons. The third kappa shape index (κ3) is 3.51. The first kappa shape index (κ1) is 16.1. The molecule has 0 bridgehead atoms. The van der Waals surface area contributed by atoms with Gasteiger partial charge in [0.1, 0.15) is 11.9 Å². The third-order valence-electron chi connectivity index (χ3n) is 4.32. The third-order valence-corrected chi connectivity index (χ3v) is 5.40. The summed E-state index contributed by atoms with van der Waals surface area (Å²) >= 11 is 1.71. The van der Waals surface area contributed by atoms with E-state index < -0.39 is 0 Å². The maximum Gasteiger partial charge on any atom is 0.232 e. The van der Waals surface area contributed by atoms with Crippen LogP contribution >= 0.6 is 11.3 Å². The zero-order chi connectivity index (χ0) is 17.2. The molecule has 0 amide bonds. The van der Waals surface area contributed by atoms with Crippen LogP contribution in [0.15, 0.2) is 30.6 Å². The fraction of sp³-hybridized carbons (Fsp3) is 0.389. The highest BCUT2D eigenvalue weighted by atomic mass is 32.1. The largest absolute Gasteiger partial charge is 0.497 e. The van der Waals surface area contributed by atoms with E-state index in [1.165, 1.54) is 0 Å². The Balaban J connectivity index is 1.41. The Morgan fingerprint density at radius 3 is 2.76 bits per heavy atom. The quantitative estimate of drug-likeness (QED) is 0.713. The van der Waals surface area contributed by atoms with Crippen molar-refractivity contribution < 1.29 is 9.47 Å². The summed E-state index contributed by atoms with van der Waals surface area (Å²) in [6.07, 6.45) is 5.50. The molecule has 4 rings (SSSR count). The predicted molar refractivity (Wildman–Crippen MR) is 98.8 cm³/mol. The van der Waals surface area contributed by atoms with E-state index in [2.05, 4.69) is 14.9 Å². The van der Waals surface area contributed by atoms with Crippen LogP contribution in [0, 0.1) is 6.92 Å². The number of nitrogens with zero attached hydrogens (tertiary/aromatic N) is 4.